The van der Waals surface area contributed by atoms with Crippen molar-refractivity contribution in [2.75, 3.05) is 0 Å². The van der Waals surface area contributed by atoms with Crippen molar-refractivity contribution in [3.8, 4) is 23.7 Å². The Labute approximate surface area is 101 Å². The fourth-order valence-corrected chi connectivity index (χ4v) is 1.31. The number of aryl methyl sites for hydroxylation is 1. The molecule has 0 saturated carbocycles. The summed E-state index contributed by atoms with van der Waals surface area (Å²) in [6.07, 6.45) is 7.36. The van der Waals surface area contributed by atoms with E-state index in [2.05, 4.69) is 28.7 Å². The zero-order chi connectivity index (χ0) is 11.9. The molecule has 2 heterocycles. The summed E-state index contributed by atoms with van der Waals surface area (Å²) in [6.45, 7) is 0. The molecular weight excluding hydrogens is 208 g/mol. The lowest BCUT2D eigenvalue weighted by atomic mass is 10.3. The molecular formula is C15H11N2+. The van der Waals surface area contributed by atoms with Gasteiger partial charge in [-0.25, -0.2) is 4.57 Å². The summed E-state index contributed by atoms with van der Waals surface area (Å²) in [5, 5.41) is 0. The van der Waals surface area contributed by atoms with E-state index in [1.807, 2.05) is 48.3 Å². The van der Waals surface area contributed by atoms with E-state index in [4.69, 9.17) is 0 Å². The third kappa shape index (κ3) is 3.48. The van der Waals surface area contributed by atoms with E-state index in [1.54, 1.807) is 12.4 Å². The zero-order valence-corrected chi connectivity index (χ0v) is 9.51. The Morgan fingerprint density at radius 3 is 2.53 bits per heavy atom. The summed E-state index contributed by atoms with van der Waals surface area (Å²) in [4.78, 5) is 3.98. The lowest BCUT2D eigenvalue weighted by Crippen LogP contribution is -2.26. The van der Waals surface area contributed by atoms with E-state index in [1.165, 1.54) is 0 Å². The smallest absolute Gasteiger partial charge is 0.184 e. The number of hydrogen-bond donors (Lipinski definition) is 0. The van der Waals surface area contributed by atoms with Crippen molar-refractivity contribution in [1.82, 2.24) is 4.98 Å². The van der Waals surface area contributed by atoms with Gasteiger partial charge in [-0.05, 0) is 36.0 Å². The molecule has 2 heteroatoms. The molecule has 80 valence electrons. The summed E-state index contributed by atoms with van der Waals surface area (Å²) in [7, 11) is 1.96. The molecule has 0 N–H and O–H groups in total. The Balaban J connectivity index is 2.12. The summed E-state index contributed by atoms with van der Waals surface area (Å²) in [5.74, 6) is 11.6. The van der Waals surface area contributed by atoms with Gasteiger partial charge in [0.05, 0.1) is 5.56 Å². The third-order valence-electron chi connectivity index (χ3n) is 2.08. The summed E-state index contributed by atoms with van der Waals surface area (Å²) in [5.41, 5.74) is 1.83. The molecule has 0 unspecified atom stereocenters. The van der Waals surface area contributed by atoms with E-state index in [9.17, 15) is 0 Å². The van der Waals surface area contributed by atoms with Gasteiger partial charge in [-0.3, -0.25) is 4.98 Å². The lowest BCUT2D eigenvalue weighted by molar-refractivity contribution is -0.671. The molecule has 0 aliphatic carbocycles. The van der Waals surface area contributed by atoms with Crippen LogP contribution in [0.2, 0.25) is 0 Å². The number of aromatic nitrogens is 2. The highest BCUT2D eigenvalue weighted by Crippen LogP contribution is 1.91. The van der Waals surface area contributed by atoms with Crippen LogP contribution in [0.1, 0.15) is 11.1 Å². The Morgan fingerprint density at radius 2 is 1.82 bits per heavy atom. The van der Waals surface area contributed by atoms with Gasteiger partial charge in [0.25, 0.3) is 0 Å². The van der Waals surface area contributed by atoms with Crippen LogP contribution in [0, 0.1) is 23.7 Å². The van der Waals surface area contributed by atoms with Gasteiger partial charge in [0, 0.05) is 24.0 Å². The van der Waals surface area contributed by atoms with Crippen molar-refractivity contribution in [2.45, 2.75) is 0 Å². The maximum Gasteiger partial charge on any atom is 0.184 e. The van der Waals surface area contributed by atoms with E-state index >= 15 is 0 Å². The minimum Gasteiger partial charge on any atom is -0.263 e. The second kappa shape index (κ2) is 5.49. The topological polar surface area (TPSA) is 16.8 Å². The molecule has 0 saturated heterocycles. The molecule has 2 aromatic rings. The number of nitrogens with zero attached hydrogens (tertiary/aromatic N) is 2. The van der Waals surface area contributed by atoms with Gasteiger partial charge < -0.3 is 0 Å². The molecule has 17 heavy (non-hydrogen) atoms. The quantitative estimate of drug-likeness (QED) is 0.482. The SMILES string of the molecule is C[n+]1cccc(C#CC#Cc2cccnc2)c1. The molecule has 0 aliphatic heterocycles. The van der Waals surface area contributed by atoms with Gasteiger partial charge in [-0.1, -0.05) is 5.92 Å². The highest BCUT2D eigenvalue weighted by Gasteiger charge is 1.91. The molecule has 0 amide bonds. The van der Waals surface area contributed by atoms with Gasteiger partial charge in [-0.2, -0.15) is 0 Å². The molecule has 2 rings (SSSR count). The molecule has 2 aromatic heterocycles. The fourth-order valence-electron chi connectivity index (χ4n) is 1.31. The van der Waals surface area contributed by atoms with Gasteiger partial charge in [-0.15, -0.1) is 0 Å². The highest BCUT2D eigenvalue weighted by atomic mass is 14.9. The average Bonchev–Trinajstić information content (AvgIpc) is 2.36. The maximum atomic E-state index is 3.98. The first-order chi connectivity index (χ1) is 8.34. The number of hydrogen-bond acceptors (Lipinski definition) is 1. The number of rotatable bonds is 0. The summed E-state index contributed by atoms with van der Waals surface area (Å²) < 4.78 is 1.96. The van der Waals surface area contributed by atoms with Crippen LogP contribution in [0.15, 0.2) is 49.1 Å². The Kier molecular flexibility index (Phi) is 3.53. The molecule has 0 spiro atoms. The predicted octanol–water partition coefficient (Wildman–Crippen LogP) is 1.31. The van der Waals surface area contributed by atoms with Crippen LogP contribution >= 0.6 is 0 Å². The monoisotopic (exact) mass is 219 g/mol. The molecule has 2 nitrogen and oxygen atoms in total. The Morgan fingerprint density at radius 1 is 1.06 bits per heavy atom. The molecule has 0 bridgehead atoms. The van der Waals surface area contributed by atoms with Gasteiger partial charge >= 0.3 is 0 Å². The zero-order valence-electron chi connectivity index (χ0n) is 9.51. The largest absolute Gasteiger partial charge is 0.263 e. The van der Waals surface area contributed by atoms with Crippen LogP contribution in [0.5, 0.6) is 0 Å². The van der Waals surface area contributed by atoms with Crippen molar-refractivity contribution in [1.29, 1.82) is 0 Å². The van der Waals surface area contributed by atoms with Crippen molar-refractivity contribution in [3.05, 3.63) is 60.2 Å². The maximum absolute atomic E-state index is 3.98. The predicted molar refractivity (Wildman–Crippen MR) is 65.6 cm³/mol. The third-order valence-corrected chi connectivity index (χ3v) is 2.08. The molecule has 0 aromatic carbocycles. The first-order valence-corrected chi connectivity index (χ1v) is 5.22. The van der Waals surface area contributed by atoms with Crippen LogP contribution in [0.3, 0.4) is 0 Å². The Hall–Kier alpha value is -2.58. The minimum absolute atomic E-state index is 0.875. The Bertz CT molecular complexity index is 622. The number of pyridine rings is 2. The van der Waals surface area contributed by atoms with Crippen LogP contribution in [-0.2, 0) is 7.05 Å². The molecule has 0 fully saturated rings. The molecule has 0 atom stereocenters. The second-order valence-corrected chi connectivity index (χ2v) is 3.50. The van der Waals surface area contributed by atoms with E-state index in [-0.39, 0.29) is 0 Å². The first-order valence-electron chi connectivity index (χ1n) is 5.22. The molecule has 0 aliphatic rings. The van der Waals surface area contributed by atoms with Crippen LogP contribution in [-0.4, -0.2) is 4.98 Å². The standard InChI is InChI=1S/C15H11N2/c1-17-11-5-9-15(13-17)7-3-2-6-14-8-4-10-16-12-14/h4-5,8-13H,1H3/q+1. The van der Waals surface area contributed by atoms with Gasteiger partial charge in [0.1, 0.15) is 7.05 Å². The minimum atomic E-state index is 0.875. The van der Waals surface area contributed by atoms with Crippen LogP contribution in [0.25, 0.3) is 0 Å². The van der Waals surface area contributed by atoms with Crippen molar-refractivity contribution < 1.29 is 4.57 Å². The lowest BCUT2D eigenvalue weighted by Gasteiger charge is -1.86. The fraction of sp³-hybridized carbons (Fsp3) is 0.0667. The first kappa shape index (κ1) is 10.9. The average molecular weight is 219 g/mol. The van der Waals surface area contributed by atoms with E-state index in [0.717, 1.165) is 11.1 Å². The van der Waals surface area contributed by atoms with Crippen molar-refractivity contribution in [3.63, 3.8) is 0 Å². The van der Waals surface area contributed by atoms with E-state index < -0.39 is 0 Å². The van der Waals surface area contributed by atoms with Crippen molar-refractivity contribution >= 4 is 0 Å². The van der Waals surface area contributed by atoms with Gasteiger partial charge in [0.2, 0.25) is 0 Å². The van der Waals surface area contributed by atoms with Crippen LogP contribution in [0.4, 0.5) is 0 Å². The summed E-state index contributed by atoms with van der Waals surface area (Å²) in [6, 6.07) is 7.68. The molecule has 0 radical (unpaired) electrons. The van der Waals surface area contributed by atoms with Crippen molar-refractivity contribution in [2.24, 2.45) is 7.05 Å². The second-order valence-electron chi connectivity index (χ2n) is 3.50. The normalized spacial score (nSPS) is 8.53. The van der Waals surface area contributed by atoms with Crippen LogP contribution < -0.4 is 4.57 Å². The van der Waals surface area contributed by atoms with Gasteiger partial charge in [0.15, 0.2) is 12.4 Å². The summed E-state index contributed by atoms with van der Waals surface area (Å²) >= 11 is 0. The van der Waals surface area contributed by atoms with E-state index in [0.29, 0.717) is 0 Å². The highest BCUT2D eigenvalue weighted by molar-refractivity contribution is 5.42.